The second-order valence-electron chi connectivity index (χ2n) is 9.95. The number of anilines is 1. The minimum atomic E-state index is -0.774. The normalized spacial score (nSPS) is 16.5. The first-order valence-electron chi connectivity index (χ1n) is 13.1. The number of carbonyl (C=O) groups is 4. The summed E-state index contributed by atoms with van der Waals surface area (Å²) < 4.78 is 7.44. The second kappa shape index (κ2) is 10.3. The molecular weight excluding hydrogens is 514 g/mol. The Balaban J connectivity index is 1.60. The maximum Gasteiger partial charge on any atom is 0.341 e. The Kier molecular flexibility index (Phi) is 7.03. The molecule has 0 atom stereocenters. The number of rotatable bonds is 5. The number of barbiturate groups is 1. The zero-order valence-corrected chi connectivity index (χ0v) is 23.6. The average molecular weight is 546 g/mol. The molecule has 2 aromatic heterocycles. The number of urea groups is 1. The number of carbonyl (C=O) groups excluding carboxylic acids is 4. The number of thiophene rings is 1. The molecule has 1 N–H and O–H groups in total. The van der Waals surface area contributed by atoms with Gasteiger partial charge in [0.25, 0.3) is 11.8 Å². The van der Waals surface area contributed by atoms with Gasteiger partial charge in [0.1, 0.15) is 10.6 Å². The molecular formula is C30H31N3O5S. The van der Waals surface area contributed by atoms with Crippen molar-refractivity contribution >= 4 is 46.9 Å². The predicted molar refractivity (Wildman–Crippen MR) is 151 cm³/mol. The summed E-state index contributed by atoms with van der Waals surface area (Å²) in [6.07, 6.45) is 5.41. The number of hydrogen-bond acceptors (Lipinski definition) is 6. The molecule has 5 rings (SSSR count). The molecule has 202 valence electrons. The van der Waals surface area contributed by atoms with E-state index in [1.165, 1.54) is 11.0 Å². The van der Waals surface area contributed by atoms with E-state index in [1.54, 1.807) is 30.4 Å². The van der Waals surface area contributed by atoms with Crippen molar-refractivity contribution in [1.82, 2.24) is 9.88 Å². The van der Waals surface area contributed by atoms with E-state index >= 15 is 0 Å². The molecule has 1 aliphatic carbocycles. The van der Waals surface area contributed by atoms with Crippen LogP contribution in [0.15, 0.2) is 29.8 Å². The minimum Gasteiger partial charge on any atom is -0.462 e. The third-order valence-electron chi connectivity index (χ3n) is 7.52. The van der Waals surface area contributed by atoms with Crippen molar-refractivity contribution in [2.45, 2.75) is 60.3 Å². The average Bonchev–Trinajstić information content (AvgIpc) is 3.40. The predicted octanol–water partition coefficient (Wildman–Crippen LogP) is 5.49. The number of aryl methyl sites for hydroxylation is 3. The molecule has 0 saturated carbocycles. The van der Waals surface area contributed by atoms with Crippen LogP contribution in [0.1, 0.15) is 68.6 Å². The van der Waals surface area contributed by atoms with Crippen LogP contribution < -0.4 is 10.2 Å². The molecule has 1 fully saturated rings. The van der Waals surface area contributed by atoms with Gasteiger partial charge >= 0.3 is 12.0 Å². The Morgan fingerprint density at radius 3 is 2.59 bits per heavy atom. The van der Waals surface area contributed by atoms with Gasteiger partial charge in [-0.25, -0.2) is 14.5 Å². The molecule has 0 unspecified atom stereocenters. The molecule has 3 aromatic rings. The van der Waals surface area contributed by atoms with Gasteiger partial charge in [-0.05, 0) is 101 Å². The molecule has 4 amide bonds. The fourth-order valence-corrected chi connectivity index (χ4v) is 6.87. The SMILES string of the molecule is CCOC(=O)c1c(-n2c(C)cc(/C=C3/C(=O)NC(=O)N(c4cccc(C)c4C)C3=O)c2C)sc2c1CCCC2. The molecule has 0 radical (unpaired) electrons. The molecule has 1 aromatic carbocycles. The van der Waals surface area contributed by atoms with Crippen LogP contribution >= 0.6 is 11.3 Å². The number of hydrogen-bond donors (Lipinski definition) is 1. The quantitative estimate of drug-likeness (QED) is 0.260. The molecule has 9 heteroatoms. The van der Waals surface area contributed by atoms with Gasteiger partial charge in [-0.15, -0.1) is 11.3 Å². The fourth-order valence-electron chi connectivity index (χ4n) is 5.38. The highest BCUT2D eigenvalue weighted by Crippen LogP contribution is 2.39. The zero-order valence-electron chi connectivity index (χ0n) is 22.8. The van der Waals surface area contributed by atoms with Crippen LogP contribution in [0.25, 0.3) is 11.1 Å². The highest BCUT2D eigenvalue weighted by Gasteiger charge is 2.38. The van der Waals surface area contributed by atoms with E-state index in [-0.39, 0.29) is 18.1 Å². The van der Waals surface area contributed by atoms with Gasteiger partial charge in [-0.1, -0.05) is 12.1 Å². The van der Waals surface area contributed by atoms with Crippen molar-refractivity contribution in [3.05, 3.63) is 73.9 Å². The molecule has 8 nitrogen and oxygen atoms in total. The maximum absolute atomic E-state index is 13.5. The van der Waals surface area contributed by atoms with Crippen molar-refractivity contribution in [1.29, 1.82) is 0 Å². The summed E-state index contributed by atoms with van der Waals surface area (Å²) in [6.45, 7) is 9.64. The maximum atomic E-state index is 13.5. The first kappa shape index (κ1) is 26.6. The van der Waals surface area contributed by atoms with Crippen LogP contribution in [0, 0.1) is 27.7 Å². The molecule has 2 aliphatic rings. The smallest absolute Gasteiger partial charge is 0.341 e. The lowest BCUT2D eigenvalue weighted by molar-refractivity contribution is -0.122. The van der Waals surface area contributed by atoms with Crippen molar-refractivity contribution in [3.63, 3.8) is 0 Å². The second-order valence-corrected chi connectivity index (χ2v) is 11.0. The summed E-state index contributed by atoms with van der Waals surface area (Å²) in [6, 6.07) is 6.47. The van der Waals surface area contributed by atoms with Gasteiger partial charge in [-0.2, -0.15) is 0 Å². The van der Waals surface area contributed by atoms with Crippen LogP contribution in [-0.2, 0) is 27.2 Å². The first-order valence-corrected chi connectivity index (χ1v) is 13.9. The number of nitrogens with one attached hydrogen (secondary N) is 1. The number of amides is 4. The summed E-state index contributed by atoms with van der Waals surface area (Å²) in [7, 11) is 0. The van der Waals surface area contributed by atoms with Crippen LogP contribution in [0.5, 0.6) is 0 Å². The summed E-state index contributed by atoms with van der Waals surface area (Å²) in [5, 5.41) is 3.11. The van der Waals surface area contributed by atoms with Gasteiger partial charge < -0.3 is 9.30 Å². The van der Waals surface area contributed by atoms with E-state index in [2.05, 4.69) is 5.32 Å². The monoisotopic (exact) mass is 545 g/mol. The Hall–Kier alpha value is -3.98. The highest BCUT2D eigenvalue weighted by atomic mass is 32.1. The molecule has 3 heterocycles. The Labute approximate surface area is 231 Å². The molecule has 39 heavy (non-hydrogen) atoms. The van der Waals surface area contributed by atoms with Crippen LogP contribution in [0.2, 0.25) is 0 Å². The lowest BCUT2D eigenvalue weighted by atomic mass is 9.95. The van der Waals surface area contributed by atoms with Gasteiger partial charge in [0, 0.05) is 16.3 Å². The number of ether oxygens (including phenoxy) is 1. The largest absolute Gasteiger partial charge is 0.462 e. The Morgan fingerprint density at radius 1 is 1.10 bits per heavy atom. The number of imide groups is 2. The molecule has 1 aliphatic heterocycles. The number of fused-ring (bicyclic) bond motifs is 1. The lowest BCUT2D eigenvalue weighted by Crippen LogP contribution is -2.54. The van der Waals surface area contributed by atoms with E-state index < -0.39 is 17.8 Å². The lowest BCUT2D eigenvalue weighted by Gasteiger charge is -2.28. The first-order chi connectivity index (χ1) is 18.6. The fraction of sp³-hybridized carbons (Fsp3) is 0.333. The highest BCUT2D eigenvalue weighted by molar-refractivity contribution is 7.15. The molecule has 0 bridgehead atoms. The molecule has 0 spiro atoms. The summed E-state index contributed by atoms with van der Waals surface area (Å²) >= 11 is 1.60. The molecule has 1 saturated heterocycles. The zero-order chi connectivity index (χ0) is 28.0. The van der Waals surface area contributed by atoms with Gasteiger partial charge in [0.05, 0.1) is 17.9 Å². The van der Waals surface area contributed by atoms with E-state index in [9.17, 15) is 19.2 Å². The van der Waals surface area contributed by atoms with Crippen LogP contribution in [0.3, 0.4) is 0 Å². The van der Waals surface area contributed by atoms with E-state index in [4.69, 9.17) is 4.74 Å². The third kappa shape index (κ3) is 4.50. The standard InChI is InChI=1S/C30H31N3O5S/c1-6-38-29(36)25-21-11-7-8-13-24(21)39-28(25)32-17(3)14-20(19(32)5)15-22-26(34)31-30(37)33(27(22)35)23-12-9-10-16(2)18(23)4/h9-10,12,14-15H,6-8,11,13H2,1-5H3,(H,31,34,37)/b22-15-. The number of aromatic nitrogens is 1. The van der Waals surface area contributed by atoms with Crippen molar-refractivity contribution in [2.75, 3.05) is 11.5 Å². The van der Waals surface area contributed by atoms with Gasteiger partial charge in [0.2, 0.25) is 0 Å². The van der Waals surface area contributed by atoms with Crippen LogP contribution in [-0.4, -0.2) is 35.0 Å². The topological polar surface area (TPSA) is 97.7 Å². The third-order valence-corrected chi connectivity index (χ3v) is 8.80. The number of esters is 1. The Bertz CT molecular complexity index is 1580. The number of nitrogens with zero attached hydrogens (tertiary/aromatic N) is 2. The van der Waals surface area contributed by atoms with E-state index in [1.807, 2.05) is 44.4 Å². The summed E-state index contributed by atoms with van der Waals surface area (Å²) in [4.78, 5) is 54.4. The number of benzene rings is 1. The van der Waals surface area contributed by atoms with Gasteiger partial charge in [-0.3, -0.25) is 14.9 Å². The van der Waals surface area contributed by atoms with Crippen molar-refractivity contribution in [2.24, 2.45) is 0 Å². The Morgan fingerprint density at radius 2 is 1.85 bits per heavy atom. The summed E-state index contributed by atoms with van der Waals surface area (Å²) in [5.74, 6) is -1.75. The van der Waals surface area contributed by atoms with Crippen molar-refractivity contribution in [3.8, 4) is 5.00 Å². The van der Waals surface area contributed by atoms with E-state index in [0.29, 0.717) is 16.8 Å². The van der Waals surface area contributed by atoms with Gasteiger partial charge in [0.15, 0.2) is 0 Å². The summed E-state index contributed by atoms with van der Waals surface area (Å²) in [5.41, 5.74) is 5.97. The van der Waals surface area contributed by atoms with E-state index in [0.717, 1.165) is 63.7 Å². The minimum absolute atomic E-state index is 0.133. The van der Waals surface area contributed by atoms with Crippen molar-refractivity contribution < 1.29 is 23.9 Å². The van der Waals surface area contributed by atoms with Crippen LogP contribution in [0.4, 0.5) is 10.5 Å².